The van der Waals surface area contributed by atoms with Crippen molar-refractivity contribution in [3.63, 3.8) is 0 Å². The first-order chi connectivity index (χ1) is 10.6. The van der Waals surface area contributed by atoms with Crippen molar-refractivity contribution in [3.05, 3.63) is 53.9 Å². The molecule has 2 heterocycles. The van der Waals surface area contributed by atoms with Gasteiger partial charge in [0.25, 0.3) is 5.91 Å². The van der Waals surface area contributed by atoms with Gasteiger partial charge in [0.15, 0.2) is 6.10 Å². The highest BCUT2D eigenvalue weighted by Crippen LogP contribution is 2.20. The van der Waals surface area contributed by atoms with Crippen molar-refractivity contribution >= 4 is 11.9 Å². The number of nitrogens with one attached hydrogen (secondary N) is 1. The van der Waals surface area contributed by atoms with E-state index in [0.717, 1.165) is 5.56 Å². The Morgan fingerprint density at radius 1 is 1.45 bits per heavy atom. The maximum Gasteiger partial charge on any atom is 0.339 e. The van der Waals surface area contributed by atoms with Crippen molar-refractivity contribution < 1.29 is 14.3 Å². The highest BCUT2D eigenvalue weighted by molar-refractivity contribution is 5.95. The van der Waals surface area contributed by atoms with E-state index >= 15 is 0 Å². The summed E-state index contributed by atoms with van der Waals surface area (Å²) in [6.07, 6.45) is 3.15. The first kappa shape index (κ1) is 14.3. The summed E-state index contributed by atoms with van der Waals surface area (Å²) < 4.78 is 6.98. The molecule has 22 heavy (non-hydrogen) atoms. The molecule has 1 amide bonds. The number of hydrogen-bond acceptors (Lipinski definition) is 4. The molecule has 1 aromatic carbocycles. The van der Waals surface area contributed by atoms with E-state index < -0.39 is 12.1 Å². The highest BCUT2D eigenvalue weighted by atomic mass is 16.5. The average molecular weight is 299 g/mol. The minimum absolute atomic E-state index is 0.108. The molecule has 0 saturated heterocycles. The summed E-state index contributed by atoms with van der Waals surface area (Å²) in [6, 6.07) is 8.92. The molecule has 1 aliphatic rings. The third-order valence-corrected chi connectivity index (χ3v) is 3.59. The first-order valence-corrected chi connectivity index (χ1v) is 7.20. The number of esters is 1. The van der Waals surface area contributed by atoms with Crippen molar-refractivity contribution in [1.82, 2.24) is 15.1 Å². The average Bonchev–Trinajstić information content (AvgIpc) is 3.00. The third kappa shape index (κ3) is 3.00. The molecule has 2 aromatic rings. The molecule has 0 saturated carbocycles. The van der Waals surface area contributed by atoms with Gasteiger partial charge in [-0.1, -0.05) is 18.2 Å². The monoisotopic (exact) mass is 299 g/mol. The van der Waals surface area contributed by atoms with Gasteiger partial charge in [-0.3, -0.25) is 9.48 Å². The highest BCUT2D eigenvalue weighted by Gasteiger charge is 2.31. The van der Waals surface area contributed by atoms with Crippen LogP contribution in [0.1, 0.15) is 22.8 Å². The Morgan fingerprint density at radius 2 is 2.27 bits per heavy atom. The van der Waals surface area contributed by atoms with Crippen molar-refractivity contribution in [2.75, 3.05) is 0 Å². The molecule has 114 valence electrons. The van der Waals surface area contributed by atoms with Crippen molar-refractivity contribution in [2.24, 2.45) is 0 Å². The Kier molecular flexibility index (Phi) is 3.91. The number of benzene rings is 1. The number of carbonyl (C=O) groups is 2. The number of ether oxygens (including phenoxy) is 1. The molecule has 0 bridgehead atoms. The molecule has 1 N–H and O–H groups in total. The van der Waals surface area contributed by atoms with E-state index in [1.54, 1.807) is 23.0 Å². The summed E-state index contributed by atoms with van der Waals surface area (Å²) in [7, 11) is 0. The van der Waals surface area contributed by atoms with Gasteiger partial charge in [-0.15, -0.1) is 0 Å². The molecule has 3 rings (SSSR count). The summed E-state index contributed by atoms with van der Waals surface area (Å²) in [4.78, 5) is 24.2. The van der Waals surface area contributed by atoms with Crippen LogP contribution in [-0.4, -0.2) is 33.8 Å². The summed E-state index contributed by atoms with van der Waals surface area (Å²) in [5.74, 6) is -0.718. The molecule has 0 radical (unpaired) electrons. The van der Waals surface area contributed by atoms with Gasteiger partial charge in [-0.25, -0.2) is 4.79 Å². The maximum absolute atomic E-state index is 12.3. The van der Waals surface area contributed by atoms with Gasteiger partial charge in [0.05, 0.1) is 12.1 Å². The number of hydrogen-bond donors (Lipinski definition) is 1. The van der Waals surface area contributed by atoms with Gasteiger partial charge in [0, 0.05) is 24.9 Å². The number of carbonyl (C=O) groups excluding carboxylic acids is 2. The largest absolute Gasteiger partial charge is 0.448 e. The predicted molar refractivity (Wildman–Crippen MR) is 79.2 cm³/mol. The van der Waals surface area contributed by atoms with Crippen LogP contribution in [0.2, 0.25) is 0 Å². The van der Waals surface area contributed by atoms with Crippen LogP contribution in [0.15, 0.2) is 42.7 Å². The topological polar surface area (TPSA) is 73.2 Å². The van der Waals surface area contributed by atoms with E-state index in [0.29, 0.717) is 18.5 Å². The van der Waals surface area contributed by atoms with E-state index in [1.165, 1.54) is 0 Å². The van der Waals surface area contributed by atoms with Crippen molar-refractivity contribution in [1.29, 1.82) is 0 Å². The van der Waals surface area contributed by atoms with Crippen LogP contribution in [0.25, 0.3) is 0 Å². The van der Waals surface area contributed by atoms with Crippen LogP contribution in [0, 0.1) is 0 Å². The summed E-state index contributed by atoms with van der Waals surface area (Å²) >= 11 is 0. The van der Waals surface area contributed by atoms with Crippen molar-refractivity contribution in [2.45, 2.75) is 32.0 Å². The number of fused-ring (bicyclic) bond motifs is 1. The Bertz CT molecular complexity index is 682. The fourth-order valence-electron chi connectivity index (χ4n) is 2.55. The number of amides is 1. The third-order valence-electron chi connectivity index (χ3n) is 3.59. The minimum atomic E-state index is -0.775. The zero-order valence-electron chi connectivity index (χ0n) is 12.2. The number of nitrogens with zero attached hydrogens (tertiary/aromatic N) is 2. The quantitative estimate of drug-likeness (QED) is 0.860. The van der Waals surface area contributed by atoms with E-state index in [9.17, 15) is 9.59 Å². The zero-order valence-corrected chi connectivity index (χ0v) is 12.2. The Morgan fingerprint density at radius 3 is 3.05 bits per heavy atom. The van der Waals surface area contributed by atoms with Gasteiger partial charge in [0.2, 0.25) is 0 Å². The van der Waals surface area contributed by atoms with Gasteiger partial charge in [-0.05, 0) is 24.6 Å². The van der Waals surface area contributed by atoms with Gasteiger partial charge in [0.1, 0.15) is 0 Å². The van der Waals surface area contributed by atoms with Gasteiger partial charge >= 0.3 is 5.97 Å². The molecular formula is C16H17N3O3. The molecule has 6 heteroatoms. The molecule has 0 spiro atoms. The zero-order chi connectivity index (χ0) is 15.5. The second kappa shape index (κ2) is 6.01. The summed E-state index contributed by atoms with van der Waals surface area (Å²) in [5.41, 5.74) is 1.38. The number of aromatic nitrogens is 2. The lowest BCUT2D eigenvalue weighted by Crippen LogP contribution is -2.46. The van der Waals surface area contributed by atoms with E-state index in [-0.39, 0.29) is 11.9 Å². The fourth-order valence-corrected chi connectivity index (χ4v) is 2.55. The molecule has 2 atom stereocenters. The smallest absolute Gasteiger partial charge is 0.339 e. The molecule has 6 nitrogen and oxygen atoms in total. The Labute approximate surface area is 128 Å². The molecule has 0 fully saturated rings. The van der Waals surface area contributed by atoms with Crippen LogP contribution in [0.3, 0.4) is 0 Å². The van der Waals surface area contributed by atoms with Crippen molar-refractivity contribution in [3.8, 4) is 0 Å². The van der Waals surface area contributed by atoms with E-state index in [4.69, 9.17) is 4.74 Å². The van der Waals surface area contributed by atoms with E-state index in [2.05, 4.69) is 10.4 Å². The standard InChI is InChI=1S/C16H17N3O3/c1-11(10-19-8-4-7-17-19)18-15(20)14-9-12-5-2-3-6-13(12)16(21)22-14/h2-8,11,14H,9-10H2,1H3,(H,18,20)/t11-,14-/m0/s1. The second-order valence-electron chi connectivity index (χ2n) is 5.39. The van der Waals surface area contributed by atoms with Crippen LogP contribution < -0.4 is 5.32 Å². The van der Waals surface area contributed by atoms with E-state index in [1.807, 2.05) is 31.3 Å². The Hall–Kier alpha value is -2.63. The van der Waals surface area contributed by atoms with Crippen LogP contribution >= 0.6 is 0 Å². The number of rotatable bonds is 4. The number of cyclic esters (lactones) is 1. The molecule has 1 aliphatic heterocycles. The SMILES string of the molecule is C[C@@H](Cn1cccn1)NC(=O)[C@@H]1Cc2ccccc2C(=O)O1. The molecular weight excluding hydrogens is 282 g/mol. The molecule has 1 aromatic heterocycles. The normalized spacial score (nSPS) is 18.2. The Balaban J connectivity index is 1.62. The van der Waals surface area contributed by atoms with Crippen LogP contribution in [0.4, 0.5) is 0 Å². The maximum atomic E-state index is 12.3. The lowest BCUT2D eigenvalue weighted by molar-refractivity contribution is -0.131. The summed E-state index contributed by atoms with van der Waals surface area (Å²) in [6.45, 7) is 2.45. The molecule has 0 unspecified atom stereocenters. The fraction of sp³-hybridized carbons (Fsp3) is 0.312. The lowest BCUT2D eigenvalue weighted by atomic mass is 9.98. The first-order valence-electron chi connectivity index (χ1n) is 7.20. The van der Waals surface area contributed by atoms with Gasteiger partial charge < -0.3 is 10.1 Å². The second-order valence-corrected chi connectivity index (χ2v) is 5.39. The van der Waals surface area contributed by atoms with Crippen LogP contribution in [-0.2, 0) is 22.5 Å². The molecule has 0 aliphatic carbocycles. The lowest BCUT2D eigenvalue weighted by Gasteiger charge is -2.25. The van der Waals surface area contributed by atoms with Gasteiger partial charge in [-0.2, -0.15) is 5.10 Å². The predicted octanol–water partition coefficient (Wildman–Crippen LogP) is 1.17. The minimum Gasteiger partial charge on any atom is -0.448 e. The summed E-state index contributed by atoms with van der Waals surface area (Å²) in [5, 5.41) is 6.96. The van der Waals surface area contributed by atoms with Crippen LogP contribution in [0.5, 0.6) is 0 Å².